The zero-order valence-electron chi connectivity index (χ0n) is 15.1. The number of hydrogen-bond acceptors (Lipinski definition) is 2. The third kappa shape index (κ3) is 3.47. The molecule has 4 heteroatoms. The molecule has 3 aromatic carbocycles. The van der Waals surface area contributed by atoms with E-state index in [1.165, 1.54) is 5.56 Å². The van der Waals surface area contributed by atoms with E-state index in [1.807, 2.05) is 49.4 Å². The van der Waals surface area contributed by atoms with Gasteiger partial charge in [-0.3, -0.25) is 9.59 Å². The maximum absolute atomic E-state index is 12.8. The first-order chi connectivity index (χ1) is 13.1. The van der Waals surface area contributed by atoms with Gasteiger partial charge in [-0.25, -0.2) is 0 Å². The van der Waals surface area contributed by atoms with E-state index in [-0.39, 0.29) is 11.8 Å². The summed E-state index contributed by atoms with van der Waals surface area (Å²) >= 11 is 0. The molecule has 0 atom stereocenters. The fourth-order valence-electron chi connectivity index (χ4n) is 3.31. The summed E-state index contributed by atoms with van der Waals surface area (Å²) in [5.74, 6) is -0.227. The number of para-hydroxylation sites is 1. The van der Waals surface area contributed by atoms with Crippen LogP contribution in [0, 0.1) is 6.92 Å². The molecule has 2 amide bonds. The number of benzene rings is 3. The minimum atomic E-state index is -0.190. The molecule has 0 bridgehead atoms. The fourth-order valence-corrected chi connectivity index (χ4v) is 3.31. The normalized spacial score (nSPS) is 12.6. The molecule has 4 nitrogen and oxygen atoms in total. The van der Waals surface area contributed by atoms with Gasteiger partial charge < -0.3 is 10.2 Å². The number of nitrogens with zero attached hydrogens (tertiary/aromatic N) is 1. The van der Waals surface area contributed by atoms with Gasteiger partial charge in [0.1, 0.15) is 0 Å². The minimum absolute atomic E-state index is 0.0366. The first kappa shape index (κ1) is 17.0. The van der Waals surface area contributed by atoms with Crippen molar-refractivity contribution in [1.82, 2.24) is 0 Å². The van der Waals surface area contributed by atoms with Crippen LogP contribution in [0.4, 0.5) is 11.4 Å². The average Bonchev–Trinajstić information content (AvgIpc) is 3.13. The highest BCUT2D eigenvalue weighted by Crippen LogP contribution is 2.28. The van der Waals surface area contributed by atoms with Crippen LogP contribution in [0.3, 0.4) is 0 Å². The minimum Gasteiger partial charge on any atom is -0.322 e. The quantitative estimate of drug-likeness (QED) is 0.754. The lowest BCUT2D eigenvalue weighted by molar-refractivity contribution is 0.0986. The van der Waals surface area contributed by atoms with E-state index in [4.69, 9.17) is 0 Å². The van der Waals surface area contributed by atoms with Crippen LogP contribution in [0.25, 0.3) is 0 Å². The van der Waals surface area contributed by atoms with E-state index >= 15 is 0 Å². The molecule has 0 fully saturated rings. The summed E-state index contributed by atoms with van der Waals surface area (Å²) in [6, 6.07) is 22.4. The number of amides is 2. The predicted octanol–water partition coefficient (Wildman–Crippen LogP) is 4.45. The molecule has 3 aromatic rings. The highest BCUT2D eigenvalue weighted by atomic mass is 16.2. The molecule has 1 N–H and O–H groups in total. The molecule has 1 aliphatic rings. The summed E-state index contributed by atoms with van der Waals surface area (Å²) in [5.41, 5.74) is 5.16. The van der Waals surface area contributed by atoms with Gasteiger partial charge in [-0.05, 0) is 61.4 Å². The Morgan fingerprint density at radius 3 is 2.26 bits per heavy atom. The second-order valence-electron chi connectivity index (χ2n) is 6.73. The van der Waals surface area contributed by atoms with Gasteiger partial charge in [0, 0.05) is 29.0 Å². The summed E-state index contributed by atoms with van der Waals surface area (Å²) in [7, 11) is 0. The highest BCUT2D eigenvalue weighted by molar-refractivity contribution is 6.09. The van der Waals surface area contributed by atoms with E-state index < -0.39 is 0 Å². The Hall–Kier alpha value is -3.40. The Labute approximate surface area is 158 Å². The van der Waals surface area contributed by atoms with Crippen molar-refractivity contribution in [3.63, 3.8) is 0 Å². The first-order valence-electron chi connectivity index (χ1n) is 9.00. The van der Waals surface area contributed by atoms with Crippen molar-refractivity contribution in [2.24, 2.45) is 0 Å². The summed E-state index contributed by atoms with van der Waals surface area (Å²) in [4.78, 5) is 27.0. The molecule has 0 saturated carbocycles. The molecular weight excluding hydrogens is 336 g/mol. The molecule has 1 aliphatic heterocycles. The first-order valence-corrected chi connectivity index (χ1v) is 9.00. The average molecular weight is 356 g/mol. The van der Waals surface area contributed by atoms with Gasteiger partial charge in [0.25, 0.3) is 11.8 Å². The van der Waals surface area contributed by atoms with E-state index in [0.717, 1.165) is 23.4 Å². The SMILES string of the molecule is Cc1ccc(NC(=O)c2ccc(C(=O)N3CCc4ccccc43)cc2)cc1. The second-order valence-corrected chi connectivity index (χ2v) is 6.73. The van der Waals surface area contributed by atoms with Gasteiger partial charge in [0.15, 0.2) is 0 Å². The standard InChI is InChI=1S/C23H20N2O2/c1-16-6-12-20(13-7-16)24-22(26)18-8-10-19(11-9-18)23(27)25-15-14-17-4-2-3-5-21(17)25/h2-13H,14-15H2,1H3,(H,24,26). The molecule has 27 heavy (non-hydrogen) atoms. The van der Waals surface area contributed by atoms with Gasteiger partial charge in [0.2, 0.25) is 0 Å². The van der Waals surface area contributed by atoms with E-state index in [9.17, 15) is 9.59 Å². The Bertz CT molecular complexity index is 992. The number of aryl methyl sites for hydroxylation is 1. The zero-order chi connectivity index (χ0) is 18.8. The van der Waals surface area contributed by atoms with Crippen molar-refractivity contribution in [2.75, 3.05) is 16.8 Å². The third-order valence-corrected chi connectivity index (χ3v) is 4.84. The van der Waals surface area contributed by atoms with E-state index in [1.54, 1.807) is 29.2 Å². The number of rotatable bonds is 3. The van der Waals surface area contributed by atoms with Crippen LogP contribution < -0.4 is 10.2 Å². The van der Waals surface area contributed by atoms with Crippen LogP contribution >= 0.6 is 0 Å². The lowest BCUT2D eigenvalue weighted by atomic mass is 10.1. The van der Waals surface area contributed by atoms with Crippen LogP contribution in [0.1, 0.15) is 31.8 Å². The Kier molecular flexibility index (Phi) is 4.47. The van der Waals surface area contributed by atoms with Gasteiger partial charge in [0.05, 0.1) is 0 Å². The van der Waals surface area contributed by atoms with Crippen molar-refractivity contribution < 1.29 is 9.59 Å². The Balaban J connectivity index is 1.48. The molecule has 0 unspecified atom stereocenters. The monoisotopic (exact) mass is 356 g/mol. The predicted molar refractivity (Wildman–Crippen MR) is 107 cm³/mol. The largest absolute Gasteiger partial charge is 0.322 e. The number of anilines is 2. The van der Waals surface area contributed by atoms with Crippen molar-refractivity contribution in [3.8, 4) is 0 Å². The summed E-state index contributed by atoms with van der Waals surface area (Å²) < 4.78 is 0. The second kappa shape index (κ2) is 7.08. The molecular formula is C23H20N2O2. The molecule has 0 aromatic heterocycles. The Morgan fingerprint density at radius 2 is 1.52 bits per heavy atom. The van der Waals surface area contributed by atoms with Gasteiger partial charge >= 0.3 is 0 Å². The van der Waals surface area contributed by atoms with Crippen molar-refractivity contribution >= 4 is 23.2 Å². The van der Waals surface area contributed by atoms with Crippen molar-refractivity contribution in [1.29, 1.82) is 0 Å². The van der Waals surface area contributed by atoms with Crippen LogP contribution in [0.5, 0.6) is 0 Å². The number of carbonyl (C=O) groups excluding carboxylic acids is 2. The van der Waals surface area contributed by atoms with Crippen LogP contribution in [0.15, 0.2) is 72.8 Å². The Morgan fingerprint density at radius 1 is 0.852 bits per heavy atom. The lowest BCUT2D eigenvalue weighted by Gasteiger charge is -2.17. The zero-order valence-corrected chi connectivity index (χ0v) is 15.1. The van der Waals surface area contributed by atoms with Gasteiger partial charge in [-0.1, -0.05) is 35.9 Å². The maximum Gasteiger partial charge on any atom is 0.258 e. The van der Waals surface area contributed by atoms with Gasteiger partial charge in [-0.15, -0.1) is 0 Å². The molecule has 1 heterocycles. The summed E-state index contributed by atoms with van der Waals surface area (Å²) in [6.07, 6.45) is 0.874. The van der Waals surface area contributed by atoms with Crippen molar-refractivity contribution in [2.45, 2.75) is 13.3 Å². The summed E-state index contributed by atoms with van der Waals surface area (Å²) in [6.45, 7) is 2.69. The topological polar surface area (TPSA) is 49.4 Å². The highest BCUT2D eigenvalue weighted by Gasteiger charge is 2.25. The van der Waals surface area contributed by atoms with E-state index in [2.05, 4.69) is 11.4 Å². The molecule has 0 radical (unpaired) electrons. The number of hydrogen-bond donors (Lipinski definition) is 1. The molecule has 0 saturated heterocycles. The molecule has 4 rings (SSSR count). The maximum atomic E-state index is 12.8. The third-order valence-electron chi connectivity index (χ3n) is 4.84. The molecule has 0 spiro atoms. The van der Waals surface area contributed by atoms with E-state index in [0.29, 0.717) is 17.7 Å². The molecule has 134 valence electrons. The smallest absolute Gasteiger partial charge is 0.258 e. The lowest BCUT2D eigenvalue weighted by Crippen LogP contribution is -2.28. The number of fused-ring (bicyclic) bond motifs is 1. The number of carbonyl (C=O) groups is 2. The van der Waals surface area contributed by atoms with Crippen LogP contribution in [-0.4, -0.2) is 18.4 Å². The van der Waals surface area contributed by atoms with Crippen molar-refractivity contribution in [3.05, 3.63) is 95.1 Å². The molecule has 0 aliphatic carbocycles. The fraction of sp³-hybridized carbons (Fsp3) is 0.130. The van der Waals surface area contributed by atoms with Crippen LogP contribution in [0.2, 0.25) is 0 Å². The number of nitrogens with one attached hydrogen (secondary N) is 1. The summed E-state index contributed by atoms with van der Waals surface area (Å²) in [5, 5.41) is 2.87. The van der Waals surface area contributed by atoms with Crippen LogP contribution in [-0.2, 0) is 6.42 Å². The van der Waals surface area contributed by atoms with Gasteiger partial charge in [-0.2, -0.15) is 0 Å².